The van der Waals surface area contributed by atoms with Crippen molar-refractivity contribution in [3.63, 3.8) is 0 Å². The Labute approximate surface area is 182 Å². The Bertz CT molecular complexity index is 737. The van der Waals surface area contributed by atoms with Crippen LogP contribution in [-0.4, -0.2) is 6.18 Å². The number of alkyl halides is 3. The average Bonchev–Trinajstić information content (AvgIpc) is 2.73. The maximum absolute atomic E-state index is 14.3. The van der Waals surface area contributed by atoms with E-state index >= 15 is 0 Å². The molecule has 172 valence electrons. The van der Waals surface area contributed by atoms with Crippen LogP contribution in [0, 0.1) is 29.4 Å². The van der Waals surface area contributed by atoms with Gasteiger partial charge in [-0.3, -0.25) is 0 Å². The van der Waals surface area contributed by atoms with Gasteiger partial charge >= 0.3 is 6.18 Å². The fourth-order valence-corrected chi connectivity index (χ4v) is 5.36. The van der Waals surface area contributed by atoms with Gasteiger partial charge in [0, 0.05) is 11.6 Å². The largest absolute Gasteiger partial charge is 0.409 e. The van der Waals surface area contributed by atoms with Crippen molar-refractivity contribution in [3.8, 4) is 0 Å². The van der Waals surface area contributed by atoms with Gasteiger partial charge in [0.1, 0.15) is 11.6 Å². The lowest BCUT2D eigenvalue weighted by molar-refractivity contribution is -0.0790. The summed E-state index contributed by atoms with van der Waals surface area (Å²) in [4.78, 5) is 0. The molecule has 2 aliphatic rings. The summed E-state index contributed by atoms with van der Waals surface area (Å²) in [5, 5.41) is 0. The fourth-order valence-electron chi connectivity index (χ4n) is 5.36. The van der Waals surface area contributed by atoms with Crippen molar-refractivity contribution in [3.05, 3.63) is 53.1 Å². The summed E-state index contributed by atoms with van der Waals surface area (Å²) in [5.74, 6) is 0.379. The molecule has 0 nitrogen and oxygen atoms in total. The van der Waals surface area contributed by atoms with Gasteiger partial charge in [-0.25, -0.2) is 8.78 Å². The highest BCUT2D eigenvalue weighted by Gasteiger charge is 2.31. The number of unbranched alkanes of at least 4 members (excludes halogenated alkanes) is 1. The second-order valence-electron chi connectivity index (χ2n) is 9.28. The summed E-state index contributed by atoms with van der Waals surface area (Å²) < 4.78 is 65.5. The fraction of sp³-hybridized carbons (Fsp3) is 0.615. The molecule has 0 N–H and O–H groups in total. The van der Waals surface area contributed by atoms with Gasteiger partial charge in [0.25, 0.3) is 0 Å². The maximum atomic E-state index is 14.3. The Morgan fingerprint density at radius 2 is 1.42 bits per heavy atom. The SMILES string of the molecule is CCCC=CC1CCC(C2CCC(c3cc(F)c(C=CC(F)(F)F)c(F)c3)CC2)CC1. The van der Waals surface area contributed by atoms with Crippen LogP contribution in [0.15, 0.2) is 30.4 Å². The van der Waals surface area contributed by atoms with Gasteiger partial charge in [0.2, 0.25) is 0 Å². The molecule has 5 heteroatoms. The zero-order valence-electron chi connectivity index (χ0n) is 18.2. The molecule has 1 aromatic carbocycles. The molecule has 0 radical (unpaired) electrons. The molecule has 0 unspecified atom stereocenters. The van der Waals surface area contributed by atoms with E-state index in [0.717, 1.165) is 43.9 Å². The van der Waals surface area contributed by atoms with Crippen LogP contribution in [0.4, 0.5) is 22.0 Å². The zero-order chi connectivity index (χ0) is 22.4. The average molecular weight is 441 g/mol. The van der Waals surface area contributed by atoms with Crippen molar-refractivity contribution in [1.29, 1.82) is 0 Å². The lowest BCUT2D eigenvalue weighted by Crippen LogP contribution is -2.25. The van der Waals surface area contributed by atoms with Gasteiger partial charge in [0.15, 0.2) is 0 Å². The first kappa shape index (κ1) is 24.0. The number of hydrogen-bond donors (Lipinski definition) is 0. The Balaban J connectivity index is 1.54. The molecule has 1 aromatic rings. The third-order valence-electron chi connectivity index (χ3n) is 7.13. The number of rotatable bonds is 6. The van der Waals surface area contributed by atoms with Crippen molar-refractivity contribution >= 4 is 6.08 Å². The van der Waals surface area contributed by atoms with Gasteiger partial charge in [-0.1, -0.05) is 25.5 Å². The van der Waals surface area contributed by atoms with Gasteiger partial charge in [0.05, 0.1) is 0 Å². The van der Waals surface area contributed by atoms with Crippen molar-refractivity contribution in [2.45, 2.75) is 83.2 Å². The lowest BCUT2D eigenvalue weighted by atomic mass is 9.68. The van der Waals surface area contributed by atoms with Crippen LogP contribution in [0.25, 0.3) is 6.08 Å². The van der Waals surface area contributed by atoms with Crippen LogP contribution >= 0.6 is 0 Å². The minimum absolute atomic E-state index is 0.0780. The van der Waals surface area contributed by atoms with E-state index in [0.29, 0.717) is 17.6 Å². The number of allylic oxidation sites excluding steroid dienone is 3. The summed E-state index contributed by atoms with van der Waals surface area (Å²) in [6, 6.07) is 2.44. The molecule has 0 aromatic heterocycles. The second kappa shape index (κ2) is 10.8. The quantitative estimate of drug-likeness (QED) is 0.306. The Hall–Kier alpha value is -1.65. The highest BCUT2D eigenvalue weighted by atomic mass is 19.4. The zero-order valence-corrected chi connectivity index (χ0v) is 18.2. The summed E-state index contributed by atoms with van der Waals surface area (Å²) in [6.07, 6.45) is 11.7. The van der Waals surface area contributed by atoms with Crippen molar-refractivity contribution in [2.24, 2.45) is 17.8 Å². The molecule has 0 saturated heterocycles. The number of benzene rings is 1. The Morgan fingerprint density at radius 3 is 1.94 bits per heavy atom. The van der Waals surface area contributed by atoms with Crippen LogP contribution in [0.2, 0.25) is 0 Å². The third-order valence-corrected chi connectivity index (χ3v) is 7.13. The molecule has 2 aliphatic carbocycles. The predicted octanol–water partition coefficient (Wildman–Crippen LogP) is 8.98. The molecule has 3 rings (SSSR count). The minimum Gasteiger partial charge on any atom is -0.206 e. The van der Waals surface area contributed by atoms with Gasteiger partial charge in [-0.2, -0.15) is 13.2 Å². The smallest absolute Gasteiger partial charge is 0.206 e. The Kier molecular flexibility index (Phi) is 8.35. The maximum Gasteiger partial charge on any atom is 0.409 e. The van der Waals surface area contributed by atoms with Crippen LogP contribution in [-0.2, 0) is 0 Å². The van der Waals surface area contributed by atoms with Crippen LogP contribution in [0.1, 0.15) is 88.2 Å². The lowest BCUT2D eigenvalue weighted by Gasteiger charge is -2.37. The van der Waals surface area contributed by atoms with E-state index in [1.165, 1.54) is 44.2 Å². The van der Waals surface area contributed by atoms with Gasteiger partial charge < -0.3 is 0 Å². The summed E-state index contributed by atoms with van der Waals surface area (Å²) in [7, 11) is 0. The van der Waals surface area contributed by atoms with E-state index in [1.807, 2.05) is 0 Å². The minimum atomic E-state index is -4.60. The van der Waals surface area contributed by atoms with Crippen LogP contribution < -0.4 is 0 Å². The molecular formula is C26H33F5. The molecule has 0 atom stereocenters. The molecule has 2 saturated carbocycles. The standard InChI is InChI=1S/C26H33F5/c1-2-3-4-5-18-6-8-19(9-7-18)20-10-12-21(13-11-20)22-16-24(27)23(25(28)17-22)14-15-26(29,30)31/h4-5,14-21H,2-3,6-13H2,1H3. The first-order valence-corrected chi connectivity index (χ1v) is 11.7. The third kappa shape index (κ3) is 6.92. The van der Waals surface area contributed by atoms with E-state index < -0.39 is 23.4 Å². The summed E-state index contributed by atoms with van der Waals surface area (Å²) >= 11 is 0. The van der Waals surface area contributed by atoms with E-state index in [2.05, 4.69) is 19.1 Å². The van der Waals surface area contributed by atoms with E-state index in [1.54, 1.807) is 0 Å². The monoisotopic (exact) mass is 440 g/mol. The highest BCUT2D eigenvalue weighted by molar-refractivity contribution is 5.52. The molecule has 0 amide bonds. The molecule has 0 bridgehead atoms. The van der Waals surface area contributed by atoms with E-state index in [-0.39, 0.29) is 12.0 Å². The number of halogens is 5. The Morgan fingerprint density at radius 1 is 0.871 bits per heavy atom. The summed E-state index contributed by atoms with van der Waals surface area (Å²) in [5.41, 5.74) is -0.0538. The second-order valence-corrected chi connectivity index (χ2v) is 9.28. The van der Waals surface area contributed by atoms with E-state index in [9.17, 15) is 22.0 Å². The van der Waals surface area contributed by atoms with E-state index in [4.69, 9.17) is 0 Å². The topological polar surface area (TPSA) is 0 Å². The van der Waals surface area contributed by atoms with Gasteiger partial charge in [-0.15, -0.1) is 0 Å². The van der Waals surface area contributed by atoms with Crippen molar-refractivity contribution < 1.29 is 22.0 Å². The normalized spacial score (nSPS) is 27.9. The van der Waals surface area contributed by atoms with Gasteiger partial charge in [-0.05, 0) is 105 Å². The highest BCUT2D eigenvalue weighted by Crippen LogP contribution is 2.44. The predicted molar refractivity (Wildman–Crippen MR) is 116 cm³/mol. The number of hydrogen-bond acceptors (Lipinski definition) is 0. The van der Waals surface area contributed by atoms with Crippen molar-refractivity contribution in [1.82, 2.24) is 0 Å². The molecule has 0 heterocycles. The van der Waals surface area contributed by atoms with Crippen LogP contribution in [0.3, 0.4) is 0 Å². The molecule has 31 heavy (non-hydrogen) atoms. The molecule has 2 fully saturated rings. The first-order chi connectivity index (χ1) is 14.8. The first-order valence-electron chi connectivity index (χ1n) is 11.7. The molecule has 0 aliphatic heterocycles. The van der Waals surface area contributed by atoms with Crippen LogP contribution in [0.5, 0.6) is 0 Å². The summed E-state index contributed by atoms with van der Waals surface area (Å²) in [6.45, 7) is 2.19. The molecular weight excluding hydrogens is 407 g/mol. The van der Waals surface area contributed by atoms with Crippen molar-refractivity contribution in [2.75, 3.05) is 0 Å². The molecule has 0 spiro atoms.